The number of hydrogen-bond acceptors (Lipinski definition) is 4. The molecule has 0 heterocycles. The van der Waals surface area contributed by atoms with Gasteiger partial charge < -0.3 is 9.47 Å². The second-order valence-corrected chi connectivity index (χ2v) is 6.39. The second kappa shape index (κ2) is 5.66. The molecule has 0 spiro atoms. The highest BCUT2D eigenvalue weighted by atomic mass is 16.6. The first kappa shape index (κ1) is 15.8. The van der Waals surface area contributed by atoms with Crippen LogP contribution >= 0.6 is 0 Å². The highest BCUT2D eigenvalue weighted by Crippen LogP contribution is 2.53. The fraction of sp³-hybridized carbons (Fsp3) is 0.647. The molecule has 2 aliphatic rings. The molecular formula is C17H24O4. The third kappa shape index (κ3) is 2.76. The molecule has 2 rings (SSSR count). The van der Waals surface area contributed by atoms with Gasteiger partial charge in [-0.2, -0.15) is 0 Å². The molecule has 4 nitrogen and oxygen atoms in total. The van der Waals surface area contributed by atoms with Crippen molar-refractivity contribution >= 4 is 11.9 Å². The molecule has 4 heteroatoms. The van der Waals surface area contributed by atoms with Gasteiger partial charge in [0.15, 0.2) is 11.2 Å². The average molecular weight is 292 g/mol. The van der Waals surface area contributed by atoms with E-state index in [1.165, 1.54) is 0 Å². The zero-order valence-electron chi connectivity index (χ0n) is 13.0. The van der Waals surface area contributed by atoms with Gasteiger partial charge in [0.05, 0.1) is 0 Å². The van der Waals surface area contributed by atoms with Crippen LogP contribution in [0, 0.1) is 0 Å². The van der Waals surface area contributed by atoms with Crippen LogP contribution in [-0.2, 0) is 19.1 Å². The van der Waals surface area contributed by atoms with Gasteiger partial charge >= 0.3 is 11.9 Å². The molecule has 2 unspecified atom stereocenters. The Labute approximate surface area is 126 Å². The maximum Gasteiger partial charge on any atom is 0.333 e. The monoisotopic (exact) mass is 292 g/mol. The Morgan fingerprint density at radius 1 is 0.762 bits per heavy atom. The maximum absolute atomic E-state index is 12.0. The van der Waals surface area contributed by atoms with E-state index >= 15 is 0 Å². The predicted octanol–water partition coefficient (Wildman–Crippen LogP) is 3.46. The zero-order chi connectivity index (χ0) is 15.7. The third-order valence-electron chi connectivity index (χ3n) is 4.68. The summed E-state index contributed by atoms with van der Waals surface area (Å²) in [5.74, 6) is -0.788. The van der Waals surface area contributed by atoms with E-state index in [2.05, 4.69) is 13.2 Å². The van der Waals surface area contributed by atoms with Crippen LogP contribution in [0.3, 0.4) is 0 Å². The van der Waals surface area contributed by atoms with Gasteiger partial charge in [0, 0.05) is 11.1 Å². The molecule has 0 N–H and O–H groups in total. The van der Waals surface area contributed by atoms with Crippen molar-refractivity contribution in [1.82, 2.24) is 0 Å². The molecule has 0 aromatic carbocycles. The van der Waals surface area contributed by atoms with Gasteiger partial charge in [-0.1, -0.05) is 13.2 Å². The molecule has 0 aromatic heterocycles. The van der Waals surface area contributed by atoms with Crippen LogP contribution in [0.5, 0.6) is 0 Å². The van der Waals surface area contributed by atoms with Gasteiger partial charge in [0.1, 0.15) is 0 Å². The Kier molecular flexibility index (Phi) is 4.26. The molecular weight excluding hydrogens is 268 g/mol. The average Bonchev–Trinajstić information content (AvgIpc) is 2.77. The molecule has 0 aromatic rings. The van der Waals surface area contributed by atoms with Crippen molar-refractivity contribution in [2.75, 3.05) is 0 Å². The van der Waals surface area contributed by atoms with Crippen LogP contribution in [-0.4, -0.2) is 23.1 Å². The summed E-state index contributed by atoms with van der Waals surface area (Å²) >= 11 is 0. The van der Waals surface area contributed by atoms with Crippen molar-refractivity contribution in [3.8, 4) is 0 Å². The van der Waals surface area contributed by atoms with Gasteiger partial charge in [-0.3, -0.25) is 0 Å². The normalized spacial score (nSPS) is 31.1. The fourth-order valence-electron chi connectivity index (χ4n) is 3.56. The van der Waals surface area contributed by atoms with E-state index in [0.29, 0.717) is 11.1 Å². The lowest BCUT2D eigenvalue weighted by molar-refractivity contribution is -0.211. The molecule has 116 valence electrons. The smallest absolute Gasteiger partial charge is 0.333 e. The Morgan fingerprint density at radius 2 is 1.10 bits per heavy atom. The van der Waals surface area contributed by atoms with Gasteiger partial charge in [-0.15, -0.1) is 0 Å². The summed E-state index contributed by atoms with van der Waals surface area (Å²) < 4.78 is 11.6. The molecule has 0 amide bonds. The fourth-order valence-corrected chi connectivity index (χ4v) is 3.56. The molecule has 0 saturated heterocycles. The van der Waals surface area contributed by atoms with Crippen molar-refractivity contribution in [2.45, 2.75) is 70.0 Å². The van der Waals surface area contributed by atoms with Crippen molar-refractivity contribution in [2.24, 2.45) is 0 Å². The number of hydrogen-bond donors (Lipinski definition) is 0. The summed E-state index contributed by atoms with van der Waals surface area (Å²) in [5.41, 5.74) is -0.623. The molecule has 2 atom stereocenters. The van der Waals surface area contributed by atoms with E-state index in [4.69, 9.17) is 9.47 Å². The molecule has 2 saturated carbocycles. The number of carbonyl (C=O) groups is 2. The van der Waals surface area contributed by atoms with Gasteiger partial charge in [-0.25, -0.2) is 9.59 Å². The summed E-state index contributed by atoms with van der Waals surface area (Å²) in [4.78, 5) is 24.1. The van der Waals surface area contributed by atoms with Crippen molar-refractivity contribution in [3.63, 3.8) is 0 Å². The van der Waals surface area contributed by atoms with Crippen LogP contribution in [0.4, 0.5) is 0 Å². The predicted molar refractivity (Wildman–Crippen MR) is 79.6 cm³/mol. The summed E-state index contributed by atoms with van der Waals surface area (Å²) in [6, 6.07) is 0. The van der Waals surface area contributed by atoms with Gasteiger partial charge in [0.25, 0.3) is 0 Å². The number of rotatable bonds is 4. The summed E-state index contributed by atoms with van der Waals surface area (Å²) in [6.07, 6.45) is 5.84. The van der Waals surface area contributed by atoms with Gasteiger partial charge in [0.2, 0.25) is 0 Å². The lowest BCUT2D eigenvalue weighted by Gasteiger charge is -2.47. The van der Waals surface area contributed by atoms with Crippen molar-refractivity contribution in [3.05, 3.63) is 24.3 Å². The van der Waals surface area contributed by atoms with Crippen LogP contribution < -0.4 is 0 Å². The van der Waals surface area contributed by atoms with Crippen LogP contribution in [0.2, 0.25) is 0 Å². The van der Waals surface area contributed by atoms with E-state index in [1.807, 2.05) is 0 Å². The first-order valence-corrected chi connectivity index (χ1v) is 7.60. The molecule has 0 aliphatic heterocycles. The minimum absolute atomic E-state index is 0.377. The number of esters is 2. The summed E-state index contributed by atoms with van der Waals surface area (Å²) in [5, 5.41) is 0. The third-order valence-corrected chi connectivity index (χ3v) is 4.68. The van der Waals surface area contributed by atoms with Crippen molar-refractivity contribution in [1.29, 1.82) is 0 Å². The Balaban J connectivity index is 2.30. The molecule has 21 heavy (non-hydrogen) atoms. The lowest BCUT2D eigenvalue weighted by atomic mass is 9.73. The highest BCUT2D eigenvalue weighted by molar-refractivity contribution is 5.88. The van der Waals surface area contributed by atoms with Crippen LogP contribution in [0.1, 0.15) is 58.8 Å². The second-order valence-electron chi connectivity index (χ2n) is 6.39. The Hall–Kier alpha value is -1.58. The van der Waals surface area contributed by atoms with Crippen LogP contribution in [0.15, 0.2) is 24.3 Å². The highest BCUT2D eigenvalue weighted by Gasteiger charge is 2.61. The van der Waals surface area contributed by atoms with Crippen LogP contribution in [0.25, 0.3) is 0 Å². The minimum Gasteiger partial charge on any atom is -0.451 e. The standard InChI is InChI=1S/C17H24O4/c1-12(2)14(18)20-16-8-5-6-9-17(16,11-7-10-16)21-15(19)13(3)4/h1,3,5-11H2,2,4H3. The largest absolute Gasteiger partial charge is 0.451 e. The van der Waals surface area contributed by atoms with E-state index in [1.54, 1.807) is 13.8 Å². The van der Waals surface area contributed by atoms with Gasteiger partial charge in [-0.05, 0) is 58.8 Å². The molecule has 2 fully saturated rings. The Bertz CT molecular complexity index is 449. The Morgan fingerprint density at radius 3 is 1.43 bits per heavy atom. The molecule has 0 bridgehead atoms. The van der Waals surface area contributed by atoms with E-state index < -0.39 is 23.1 Å². The number of ether oxygens (including phenoxy) is 2. The zero-order valence-corrected chi connectivity index (χ0v) is 13.0. The first-order valence-electron chi connectivity index (χ1n) is 7.60. The molecule has 2 aliphatic carbocycles. The summed E-state index contributed by atoms with van der Waals surface area (Å²) in [6.45, 7) is 10.6. The quantitative estimate of drug-likeness (QED) is 0.588. The maximum atomic E-state index is 12.0. The lowest BCUT2D eigenvalue weighted by Crippen LogP contribution is -2.57. The summed E-state index contributed by atoms with van der Waals surface area (Å²) in [7, 11) is 0. The molecule has 0 radical (unpaired) electrons. The van der Waals surface area contributed by atoms with E-state index in [9.17, 15) is 9.59 Å². The minimum atomic E-state index is -0.688. The van der Waals surface area contributed by atoms with Crippen molar-refractivity contribution < 1.29 is 19.1 Å². The topological polar surface area (TPSA) is 52.6 Å². The number of fused-ring (bicyclic) bond motifs is 1. The first-order chi connectivity index (χ1) is 9.82. The van der Waals surface area contributed by atoms with E-state index in [0.717, 1.165) is 44.9 Å². The SMILES string of the molecule is C=C(C)C(=O)OC12CCCCC1(OC(=O)C(=C)C)CCC2. The number of carbonyl (C=O) groups excluding carboxylic acids is 2. The van der Waals surface area contributed by atoms with E-state index in [-0.39, 0.29) is 0 Å².